The van der Waals surface area contributed by atoms with E-state index in [4.69, 9.17) is 4.98 Å². The van der Waals surface area contributed by atoms with Crippen molar-refractivity contribution in [3.8, 4) is 0 Å². The predicted octanol–water partition coefficient (Wildman–Crippen LogP) is 6.93. The molecule has 2 nitrogen and oxygen atoms in total. The van der Waals surface area contributed by atoms with Gasteiger partial charge in [0.15, 0.2) is 0 Å². The molecule has 1 aliphatic rings. The number of benzene rings is 3. The fourth-order valence-corrected chi connectivity index (χ4v) is 4.75. The fraction of sp³-hybridized carbons (Fsp3) is 0.207. The summed E-state index contributed by atoms with van der Waals surface area (Å²) in [6, 6.07) is 36.4. The number of anilines is 1. The molecule has 0 radical (unpaired) electrons. The third-order valence-corrected chi connectivity index (χ3v) is 6.84. The Morgan fingerprint density at radius 1 is 0.710 bits per heavy atom. The van der Waals surface area contributed by atoms with Gasteiger partial charge in [0.25, 0.3) is 0 Å². The second-order valence-corrected chi connectivity index (χ2v) is 8.54. The minimum Gasteiger partial charge on any atom is -0.353 e. The number of nitrogens with zero attached hydrogens (tertiary/aromatic N) is 1. The highest BCUT2D eigenvalue weighted by atomic mass is 15.1. The van der Waals surface area contributed by atoms with Crippen LogP contribution in [0.15, 0.2) is 109 Å². The molecular weight excluding hydrogens is 376 g/mol. The molecule has 2 heteroatoms. The minimum atomic E-state index is -0.541. The zero-order chi connectivity index (χ0) is 21.2. The van der Waals surface area contributed by atoms with Gasteiger partial charge in [-0.15, -0.1) is 0 Å². The van der Waals surface area contributed by atoms with E-state index in [-0.39, 0.29) is 0 Å². The van der Waals surface area contributed by atoms with Crippen molar-refractivity contribution in [1.82, 2.24) is 4.98 Å². The predicted molar refractivity (Wildman–Crippen MR) is 128 cm³/mol. The first-order valence-electron chi connectivity index (χ1n) is 11.2. The van der Waals surface area contributed by atoms with Crippen LogP contribution in [0.4, 0.5) is 5.82 Å². The SMILES string of the molecule is CCC1(c2ccc(NC(c3ccccc3)(c3ccccc3)c3ccccc3)nc2)CC1. The van der Waals surface area contributed by atoms with E-state index < -0.39 is 5.54 Å². The van der Waals surface area contributed by atoms with Gasteiger partial charge in [0.05, 0.1) is 0 Å². The Kier molecular flexibility index (Phi) is 5.07. The van der Waals surface area contributed by atoms with E-state index in [1.807, 2.05) is 0 Å². The average molecular weight is 405 g/mol. The largest absolute Gasteiger partial charge is 0.353 e. The van der Waals surface area contributed by atoms with Crippen LogP contribution >= 0.6 is 0 Å². The molecule has 0 spiro atoms. The Bertz CT molecular complexity index is 1020. The number of rotatable bonds is 7. The van der Waals surface area contributed by atoms with E-state index in [1.165, 1.54) is 41.5 Å². The third-order valence-electron chi connectivity index (χ3n) is 6.84. The Labute approximate surface area is 185 Å². The van der Waals surface area contributed by atoms with Crippen molar-refractivity contribution in [2.24, 2.45) is 0 Å². The first kappa shape index (κ1) is 19.6. The Balaban J connectivity index is 1.65. The summed E-state index contributed by atoms with van der Waals surface area (Å²) in [6.45, 7) is 2.28. The van der Waals surface area contributed by atoms with E-state index in [1.54, 1.807) is 0 Å². The molecule has 1 N–H and O–H groups in total. The molecule has 0 amide bonds. The van der Waals surface area contributed by atoms with Gasteiger partial charge >= 0.3 is 0 Å². The molecule has 3 aromatic carbocycles. The molecule has 0 saturated heterocycles. The zero-order valence-electron chi connectivity index (χ0n) is 18.0. The lowest BCUT2D eigenvalue weighted by atomic mass is 9.77. The van der Waals surface area contributed by atoms with Gasteiger partial charge in [0.1, 0.15) is 11.4 Å². The Morgan fingerprint density at radius 2 is 1.19 bits per heavy atom. The molecule has 0 atom stereocenters. The van der Waals surface area contributed by atoms with Gasteiger partial charge in [0.2, 0.25) is 0 Å². The van der Waals surface area contributed by atoms with Crippen LogP contribution in [0.3, 0.4) is 0 Å². The van der Waals surface area contributed by atoms with Crippen LogP contribution < -0.4 is 5.32 Å². The molecular formula is C29H28N2. The second-order valence-electron chi connectivity index (χ2n) is 8.54. The lowest BCUT2D eigenvalue weighted by Gasteiger charge is -2.37. The molecule has 154 valence electrons. The Morgan fingerprint density at radius 3 is 1.55 bits per heavy atom. The quantitative estimate of drug-likeness (QED) is 0.338. The molecule has 4 aromatic rings. The summed E-state index contributed by atoms with van der Waals surface area (Å²) >= 11 is 0. The van der Waals surface area contributed by atoms with E-state index in [0.717, 1.165) is 5.82 Å². The molecule has 1 heterocycles. The van der Waals surface area contributed by atoms with Crippen molar-refractivity contribution in [2.75, 3.05) is 5.32 Å². The van der Waals surface area contributed by atoms with Crippen molar-refractivity contribution >= 4 is 5.82 Å². The molecule has 0 bridgehead atoms. The first-order chi connectivity index (χ1) is 15.3. The molecule has 1 saturated carbocycles. The van der Waals surface area contributed by atoms with Gasteiger partial charge in [0, 0.05) is 6.20 Å². The third kappa shape index (κ3) is 3.53. The molecule has 5 rings (SSSR count). The zero-order valence-corrected chi connectivity index (χ0v) is 18.0. The van der Waals surface area contributed by atoms with Crippen molar-refractivity contribution in [3.05, 3.63) is 132 Å². The Hall–Kier alpha value is -3.39. The highest BCUT2D eigenvalue weighted by Gasteiger charge is 2.42. The second kappa shape index (κ2) is 8.03. The normalized spacial score (nSPS) is 14.7. The first-order valence-corrected chi connectivity index (χ1v) is 11.2. The summed E-state index contributed by atoms with van der Waals surface area (Å²) in [5, 5.41) is 3.85. The molecule has 31 heavy (non-hydrogen) atoms. The van der Waals surface area contributed by atoms with Crippen LogP contribution in [0.5, 0.6) is 0 Å². The molecule has 1 aromatic heterocycles. The highest BCUT2D eigenvalue weighted by molar-refractivity contribution is 5.58. The van der Waals surface area contributed by atoms with Crippen LogP contribution in [0.2, 0.25) is 0 Å². The molecule has 0 unspecified atom stereocenters. The lowest BCUT2D eigenvalue weighted by Crippen LogP contribution is -2.38. The van der Waals surface area contributed by atoms with Crippen LogP contribution in [0.1, 0.15) is 48.4 Å². The van der Waals surface area contributed by atoms with E-state index in [9.17, 15) is 0 Å². The number of aromatic nitrogens is 1. The smallest absolute Gasteiger partial charge is 0.127 e. The maximum atomic E-state index is 4.88. The monoisotopic (exact) mass is 404 g/mol. The van der Waals surface area contributed by atoms with Crippen molar-refractivity contribution < 1.29 is 0 Å². The maximum absolute atomic E-state index is 4.88. The maximum Gasteiger partial charge on any atom is 0.127 e. The summed E-state index contributed by atoms with van der Waals surface area (Å²) in [5.41, 5.74) is 4.74. The van der Waals surface area contributed by atoms with Crippen LogP contribution in [0, 0.1) is 0 Å². The number of hydrogen-bond acceptors (Lipinski definition) is 2. The molecule has 1 fully saturated rings. The number of nitrogens with one attached hydrogen (secondary N) is 1. The van der Waals surface area contributed by atoms with Crippen molar-refractivity contribution in [2.45, 2.75) is 37.1 Å². The summed E-state index contributed by atoms with van der Waals surface area (Å²) in [6.07, 6.45) is 5.81. The summed E-state index contributed by atoms with van der Waals surface area (Å²) in [5.74, 6) is 0.882. The van der Waals surface area contributed by atoms with Gasteiger partial charge in [-0.3, -0.25) is 0 Å². The lowest BCUT2D eigenvalue weighted by molar-refractivity contribution is 0.659. The minimum absolute atomic E-state index is 0.362. The fourth-order valence-electron chi connectivity index (χ4n) is 4.75. The van der Waals surface area contributed by atoms with Crippen molar-refractivity contribution in [1.29, 1.82) is 0 Å². The standard InChI is InChI=1S/C29H28N2/c1-2-28(20-21-28)26-18-19-27(30-22-26)31-29(23-12-6-3-7-13-23,24-14-8-4-9-15-24)25-16-10-5-11-17-25/h3-19,22H,2,20-21H2,1H3,(H,30,31). The topological polar surface area (TPSA) is 24.9 Å². The summed E-state index contributed by atoms with van der Waals surface area (Å²) < 4.78 is 0. The number of pyridine rings is 1. The summed E-state index contributed by atoms with van der Waals surface area (Å²) in [4.78, 5) is 4.88. The van der Waals surface area contributed by atoms with Crippen LogP contribution in [0.25, 0.3) is 0 Å². The van der Waals surface area contributed by atoms with Gasteiger partial charge < -0.3 is 5.32 Å². The van der Waals surface area contributed by atoms with Crippen molar-refractivity contribution in [3.63, 3.8) is 0 Å². The van der Waals surface area contributed by atoms with Gasteiger partial charge in [-0.05, 0) is 53.0 Å². The highest BCUT2D eigenvalue weighted by Crippen LogP contribution is 2.50. The van der Waals surface area contributed by atoms with Crippen LogP contribution in [-0.2, 0) is 11.0 Å². The molecule has 1 aliphatic carbocycles. The average Bonchev–Trinajstić information content (AvgIpc) is 3.66. The van der Waals surface area contributed by atoms with Gasteiger partial charge in [-0.1, -0.05) is 104 Å². The van der Waals surface area contributed by atoms with E-state index >= 15 is 0 Å². The van der Waals surface area contributed by atoms with Gasteiger partial charge in [-0.2, -0.15) is 0 Å². The van der Waals surface area contributed by atoms with E-state index in [2.05, 4.69) is 122 Å². The van der Waals surface area contributed by atoms with Gasteiger partial charge in [-0.25, -0.2) is 4.98 Å². The van der Waals surface area contributed by atoms with Crippen LogP contribution in [-0.4, -0.2) is 4.98 Å². The number of hydrogen-bond donors (Lipinski definition) is 1. The summed E-state index contributed by atoms with van der Waals surface area (Å²) in [7, 11) is 0. The molecule has 0 aliphatic heterocycles. The van der Waals surface area contributed by atoms with E-state index in [0.29, 0.717) is 5.41 Å².